The molecule has 7 nitrogen and oxygen atoms in total. The molecular formula is C14H10I2N2O5. The maximum absolute atomic E-state index is 10.9. The minimum atomic E-state index is -0.437. The molecule has 0 aliphatic rings. The van der Waals surface area contributed by atoms with Crippen molar-refractivity contribution < 1.29 is 14.6 Å². The average molecular weight is 540 g/mol. The predicted octanol–water partition coefficient (Wildman–Crippen LogP) is 4.43. The number of hydrogen-bond acceptors (Lipinski definition) is 5. The van der Waals surface area contributed by atoms with E-state index in [-0.39, 0.29) is 24.6 Å². The smallest absolute Gasteiger partial charge is 0.283 e. The van der Waals surface area contributed by atoms with Crippen LogP contribution >= 0.6 is 45.2 Å². The van der Waals surface area contributed by atoms with Gasteiger partial charge in [-0.3, -0.25) is 20.2 Å². The Labute approximate surface area is 158 Å². The molecule has 0 aliphatic carbocycles. The Hall–Kier alpha value is -1.34. The van der Waals surface area contributed by atoms with E-state index in [1.807, 2.05) is 45.2 Å². The van der Waals surface area contributed by atoms with Gasteiger partial charge in [0.2, 0.25) is 0 Å². The Morgan fingerprint density at radius 1 is 0.826 bits per heavy atom. The molecule has 0 saturated carbocycles. The minimum absolute atomic E-state index is 0.0385. The van der Waals surface area contributed by atoms with E-state index in [4.69, 9.17) is 4.74 Å². The summed E-state index contributed by atoms with van der Waals surface area (Å²) >= 11 is 3.81. The quantitative estimate of drug-likeness (QED) is 0.307. The third-order valence-corrected chi connectivity index (χ3v) is 4.78. The van der Waals surface area contributed by atoms with Crippen molar-refractivity contribution in [2.24, 2.45) is 0 Å². The van der Waals surface area contributed by atoms with E-state index in [2.05, 4.69) is 0 Å². The van der Waals surface area contributed by atoms with Crippen LogP contribution in [0.1, 0.15) is 11.1 Å². The molecule has 0 N–H and O–H groups in total. The first-order chi connectivity index (χ1) is 10.9. The highest BCUT2D eigenvalue weighted by Crippen LogP contribution is 2.24. The van der Waals surface area contributed by atoms with Gasteiger partial charge < -0.3 is 4.74 Å². The van der Waals surface area contributed by atoms with E-state index in [1.165, 1.54) is 12.1 Å². The van der Waals surface area contributed by atoms with Gasteiger partial charge in [-0.1, -0.05) is 12.1 Å². The van der Waals surface area contributed by atoms with Gasteiger partial charge in [0.25, 0.3) is 11.4 Å². The third kappa shape index (κ3) is 4.81. The molecule has 9 heteroatoms. The van der Waals surface area contributed by atoms with E-state index in [9.17, 15) is 20.2 Å². The molecule has 0 unspecified atom stereocenters. The number of hydrogen-bond donors (Lipinski definition) is 0. The first kappa shape index (κ1) is 18.0. The molecule has 0 aliphatic heterocycles. The largest absolute Gasteiger partial charge is 0.372 e. The number of nitro groups is 2. The molecule has 0 radical (unpaired) electrons. The fourth-order valence-corrected chi connectivity index (χ4v) is 2.93. The summed E-state index contributed by atoms with van der Waals surface area (Å²) in [6.45, 7) is 0.384. The maximum Gasteiger partial charge on any atom is 0.283 e. The van der Waals surface area contributed by atoms with Crippen LogP contribution in [-0.2, 0) is 18.0 Å². The van der Waals surface area contributed by atoms with Crippen LogP contribution in [0.25, 0.3) is 0 Å². The standard InChI is InChI=1S/C14H10I2N2O5/c15-11-3-1-9(5-13(11)17(19)20)7-23-8-10-2-4-12(16)14(6-10)18(21)22/h1-6H,7-8H2. The minimum Gasteiger partial charge on any atom is -0.372 e. The van der Waals surface area contributed by atoms with Gasteiger partial charge in [-0.15, -0.1) is 0 Å². The van der Waals surface area contributed by atoms with Gasteiger partial charge in [-0.2, -0.15) is 0 Å². The molecule has 2 aromatic rings. The Morgan fingerprint density at radius 3 is 1.57 bits per heavy atom. The summed E-state index contributed by atoms with van der Waals surface area (Å²) < 4.78 is 6.62. The van der Waals surface area contributed by atoms with Crippen molar-refractivity contribution in [1.29, 1.82) is 0 Å². The predicted molar refractivity (Wildman–Crippen MR) is 100 cm³/mol. The van der Waals surface area contributed by atoms with Crippen LogP contribution in [0.3, 0.4) is 0 Å². The summed E-state index contributed by atoms with van der Waals surface area (Å²) in [7, 11) is 0. The monoisotopic (exact) mass is 540 g/mol. The zero-order chi connectivity index (χ0) is 17.0. The van der Waals surface area contributed by atoms with Crippen molar-refractivity contribution in [3.8, 4) is 0 Å². The van der Waals surface area contributed by atoms with Gasteiger partial charge >= 0.3 is 0 Å². The lowest BCUT2D eigenvalue weighted by molar-refractivity contribution is -0.386. The first-order valence-corrected chi connectivity index (χ1v) is 8.47. The van der Waals surface area contributed by atoms with E-state index in [1.54, 1.807) is 24.3 Å². The van der Waals surface area contributed by atoms with Crippen LogP contribution in [0.5, 0.6) is 0 Å². The van der Waals surface area contributed by atoms with Gasteiger partial charge in [0.1, 0.15) is 0 Å². The zero-order valence-corrected chi connectivity index (χ0v) is 15.9. The molecule has 0 bridgehead atoms. The molecule has 0 aromatic heterocycles. The fraction of sp³-hybridized carbons (Fsp3) is 0.143. The topological polar surface area (TPSA) is 95.5 Å². The van der Waals surface area contributed by atoms with E-state index >= 15 is 0 Å². The van der Waals surface area contributed by atoms with Crippen molar-refractivity contribution in [2.75, 3.05) is 0 Å². The highest BCUT2D eigenvalue weighted by atomic mass is 127. The van der Waals surface area contributed by atoms with Crippen LogP contribution < -0.4 is 0 Å². The summed E-state index contributed by atoms with van der Waals surface area (Å²) in [6, 6.07) is 9.77. The number of nitrogens with zero attached hydrogens (tertiary/aromatic N) is 2. The Kier molecular flexibility index (Phi) is 6.24. The number of nitro benzene ring substituents is 2. The van der Waals surface area contributed by atoms with Gasteiger partial charge in [0.05, 0.1) is 30.2 Å². The molecule has 0 fully saturated rings. The highest BCUT2D eigenvalue weighted by molar-refractivity contribution is 14.1. The van der Waals surface area contributed by atoms with Crippen molar-refractivity contribution in [3.05, 3.63) is 74.9 Å². The summed E-state index contributed by atoms with van der Waals surface area (Å²) in [5.74, 6) is 0. The SMILES string of the molecule is O=[N+]([O-])c1cc(COCc2ccc(I)c([N+](=O)[O-])c2)ccc1I. The number of ether oxygens (including phenoxy) is 1. The van der Waals surface area contributed by atoms with Gasteiger partial charge in [-0.05, 0) is 68.4 Å². The molecule has 2 aromatic carbocycles. The molecule has 120 valence electrons. The van der Waals surface area contributed by atoms with Crippen molar-refractivity contribution in [3.63, 3.8) is 0 Å². The van der Waals surface area contributed by atoms with Crippen LogP contribution in [-0.4, -0.2) is 9.85 Å². The first-order valence-electron chi connectivity index (χ1n) is 6.32. The van der Waals surface area contributed by atoms with Crippen LogP contribution in [0.4, 0.5) is 11.4 Å². The van der Waals surface area contributed by atoms with Gasteiger partial charge in [0.15, 0.2) is 0 Å². The Morgan fingerprint density at radius 2 is 1.22 bits per heavy atom. The highest BCUT2D eigenvalue weighted by Gasteiger charge is 2.14. The molecule has 0 atom stereocenters. The summed E-state index contributed by atoms with van der Waals surface area (Å²) in [4.78, 5) is 20.9. The zero-order valence-electron chi connectivity index (χ0n) is 11.6. The van der Waals surface area contributed by atoms with Crippen molar-refractivity contribution in [2.45, 2.75) is 13.2 Å². The van der Waals surface area contributed by atoms with Crippen LogP contribution in [0.2, 0.25) is 0 Å². The lowest BCUT2D eigenvalue weighted by Crippen LogP contribution is -1.99. The Balaban J connectivity index is 2.03. The number of halogens is 2. The molecule has 2 rings (SSSR count). The average Bonchev–Trinajstić information content (AvgIpc) is 2.50. The van der Waals surface area contributed by atoms with Crippen LogP contribution in [0, 0.1) is 27.4 Å². The van der Waals surface area contributed by atoms with Crippen molar-refractivity contribution >= 4 is 56.6 Å². The van der Waals surface area contributed by atoms with E-state index in [0.29, 0.717) is 18.3 Å². The molecule has 23 heavy (non-hydrogen) atoms. The summed E-state index contributed by atoms with van der Waals surface area (Å²) in [6.07, 6.45) is 0. The van der Waals surface area contributed by atoms with Gasteiger partial charge in [-0.25, -0.2) is 0 Å². The maximum atomic E-state index is 10.9. The van der Waals surface area contributed by atoms with E-state index in [0.717, 1.165) is 0 Å². The molecule has 0 spiro atoms. The summed E-state index contributed by atoms with van der Waals surface area (Å²) in [5.41, 5.74) is 1.43. The molecular weight excluding hydrogens is 530 g/mol. The third-order valence-electron chi connectivity index (χ3n) is 2.95. The molecule has 0 heterocycles. The van der Waals surface area contributed by atoms with E-state index < -0.39 is 9.85 Å². The fourth-order valence-electron chi connectivity index (χ4n) is 1.86. The van der Waals surface area contributed by atoms with Gasteiger partial charge in [0, 0.05) is 12.1 Å². The molecule has 0 amide bonds. The normalized spacial score (nSPS) is 10.5. The summed E-state index contributed by atoms with van der Waals surface area (Å²) in [5, 5.41) is 21.8. The number of rotatable bonds is 6. The second-order valence-electron chi connectivity index (χ2n) is 4.58. The molecule has 0 saturated heterocycles. The number of benzene rings is 2. The lowest BCUT2D eigenvalue weighted by atomic mass is 10.2. The lowest BCUT2D eigenvalue weighted by Gasteiger charge is -2.06. The second-order valence-corrected chi connectivity index (χ2v) is 6.90. The second kappa shape index (κ2) is 7.97. The van der Waals surface area contributed by atoms with Crippen LogP contribution in [0.15, 0.2) is 36.4 Å². The Bertz CT molecular complexity index is 703. The van der Waals surface area contributed by atoms with Crippen molar-refractivity contribution in [1.82, 2.24) is 0 Å².